The van der Waals surface area contributed by atoms with Gasteiger partial charge in [-0.2, -0.15) is 0 Å². The fourth-order valence-corrected chi connectivity index (χ4v) is 2.33. The van der Waals surface area contributed by atoms with Crippen LogP contribution in [-0.4, -0.2) is 16.8 Å². The fraction of sp³-hybridized carbons (Fsp3) is 0.571. The van der Waals surface area contributed by atoms with Crippen molar-refractivity contribution in [2.24, 2.45) is 11.1 Å². The third kappa shape index (κ3) is 2.25. The molecule has 2 N–H and O–H groups in total. The summed E-state index contributed by atoms with van der Waals surface area (Å²) in [6, 6.07) is 3.56. The van der Waals surface area contributed by atoms with Gasteiger partial charge in [0, 0.05) is 6.20 Å². The smallest absolute Gasteiger partial charge is 0.159 e. The highest BCUT2D eigenvalue weighted by molar-refractivity contribution is 5.91. The Hall–Kier alpha value is -1.22. The van der Waals surface area contributed by atoms with Gasteiger partial charge in [-0.3, -0.25) is 9.78 Å². The number of ketones is 1. The van der Waals surface area contributed by atoms with E-state index in [0.717, 1.165) is 18.5 Å². The molecule has 1 aliphatic rings. The normalized spacial score (nSPS) is 21.1. The highest BCUT2D eigenvalue weighted by atomic mass is 16.1. The molecule has 92 valence electrons. The van der Waals surface area contributed by atoms with Gasteiger partial charge in [-0.05, 0) is 29.9 Å². The number of rotatable bonds is 2. The highest BCUT2D eigenvalue weighted by Gasteiger charge is 2.37. The molecule has 1 aromatic rings. The molecule has 2 rings (SSSR count). The Morgan fingerprint density at radius 1 is 1.53 bits per heavy atom. The molecule has 0 aromatic carbocycles. The van der Waals surface area contributed by atoms with Crippen LogP contribution in [0.2, 0.25) is 0 Å². The van der Waals surface area contributed by atoms with Crippen molar-refractivity contribution < 1.29 is 4.79 Å². The summed E-state index contributed by atoms with van der Waals surface area (Å²) >= 11 is 0. The zero-order valence-electron chi connectivity index (χ0n) is 10.7. The number of nitrogens with zero attached hydrogens (tertiary/aromatic N) is 1. The van der Waals surface area contributed by atoms with Gasteiger partial charge in [0.05, 0.1) is 17.7 Å². The van der Waals surface area contributed by atoms with Crippen molar-refractivity contribution in [3.05, 3.63) is 29.6 Å². The lowest BCUT2D eigenvalue weighted by molar-refractivity contribution is -0.123. The molecule has 3 heteroatoms. The number of aryl methyl sites for hydroxylation is 1. The molecule has 0 saturated heterocycles. The largest absolute Gasteiger partial charge is 0.321 e. The second-order valence-electron chi connectivity index (χ2n) is 5.89. The predicted molar refractivity (Wildman–Crippen MR) is 67.7 cm³/mol. The molecule has 0 spiro atoms. The summed E-state index contributed by atoms with van der Waals surface area (Å²) < 4.78 is 0. The zero-order valence-corrected chi connectivity index (χ0v) is 10.7. The van der Waals surface area contributed by atoms with E-state index in [-0.39, 0.29) is 17.1 Å². The third-order valence-electron chi connectivity index (χ3n) is 3.54. The van der Waals surface area contributed by atoms with Crippen LogP contribution in [0, 0.1) is 5.41 Å². The summed E-state index contributed by atoms with van der Waals surface area (Å²) in [5.41, 5.74) is 8.01. The maximum Gasteiger partial charge on any atom is 0.159 e. The number of carbonyl (C=O) groups is 1. The van der Waals surface area contributed by atoms with Crippen molar-refractivity contribution in [2.75, 3.05) is 0 Å². The van der Waals surface area contributed by atoms with E-state index in [4.69, 9.17) is 5.73 Å². The van der Waals surface area contributed by atoms with E-state index in [1.807, 2.05) is 26.8 Å². The Bertz CT molecular complexity index is 434. The Morgan fingerprint density at radius 2 is 2.24 bits per heavy atom. The van der Waals surface area contributed by atoms with E-state index in [1.54, 1.807) is 6.20 Å². The average molecular weight is 232 g/mol. The van der Waals surface area contributed by atoms with Crippen LogP contribution in [0.4, 0.5) is 0 Å². The average Bonchev–Trinajstić information content (AvgIpc) is 2.69. The number of aromatic nitrogens is 1. The summed E-state index contributed by atoms with van der Waals surface area (Å²) in [5.74, 6) is 0.0374. The number of pyridine rings is 1. The molecule has 3 nitrogen and oxygen atoms in total. The molecule has 0 aliphatic heterocycles. The van der Waals surface area contributed by atoms with Crippen molar-refractivity contribution in [2.45, 2.75) is 45.6 Å². The van der Waals surface area contributed by atoms with Crippen LogP contribution in [0.5, 0.6) is 0 Å². The van der Waals surface area contributed by atoms with E-state index in [0.29, 0.717) is 0 Å². The summed E-state index contributed by atoms with van der Waals surface area (Å²) in [5, 5.41) is 0. The van der Waals surface area contributed by atoms with Gasteiger partial charge < -0.3 is 5.73 Å². The zero-order chi connectivity index (χ0) is 12.6. The highest BCUT2D eigenvalue weighted by Crippen LogP contribution is 2.34. The minimum absolute atomic E-state index is 0.0968. The maximum absolute atomic E-state index is 12.4. The quantitative estimate of drug-likeness (QED) is 0.849. The van der Waals surface area contributed by atoms with Crippen LogP contribution >= 0.6 is 0 Å². The summed E-state index contributed by atoms with van der Waals surface area (Å²) in [6.45, 7) is 6.01. The lowest BCUT2D eigenvalue weighted by Crippen LogP contribution is -2.44. The second-order valence-corrected chi connectivity index (χ2v) is 5.89. The number of nitrogens with two attached hydrogens (primary N) is 1. The molecule has 2 atom stereocenters. The minimum atomic E-state index is -0.416. The monoisotopic (exact) mass is 232 g/mol. The first-order valence-electron chi connectivity index (χ1n) is 6.14. The summed E-state index contributed by atoms with van der Waals surface area (Å²) in [4.78, 5) is 16.7. The SMILES string of the molecule is CC(C)(C)C(N)C(=O)C1CCc2cccnc21. The standard InChI is InChI=1S/C14H20N2O/c1-14(2,3)13(15)12(17)10-7-6-9-5-4-8-16-11(9)10/h4-5,8,10,13H,6-7,15H2,1-3H3. The number of hydrogen-bond donors (Lipinski definition) is 1. The van der Waals surface area contributed by atoms with Crippen molar-refractivity contribution in [3.63, 3.8) is 0 Å². The molecule has 1 aliphatic carbocycles. The maximum atomic E-state index is 12.4. The Labute approximate surface area is 102 Å². The van der Waals surface area contributed by atoms with Gasteiger partial charge in [-0.1, -0.05) is 26.8 Å². The fourth-order valence-electron chi connectivity index (χ4n) is 2.33. The van der Waals surface area contributed by atoms with Crippen LogP contribution in [0.25, 0.3) is 0 Å². The minimum Gasteiger partial charge on any atom is -0.321 e. The van der Waals surface area contributed by atoms with E-state index < -0.39 is 6.04 Å². The summed E-state index contributed by atoms with van der Waals surface area (Å²) in [6.07, 6.45) is 3.55. The van der Waals surface area contributed by atoms with Crippen molar-refractivity contribution >= 4 is 5.78 Å². The van der Waals surface area contributed by atoms with Crippen molar-refractivity contribution in [1.82, 2.24) is 4.98 Å². The van der Waals surface area contributed by atoms with Gasteiger partial charge in [0.15, 0.2) is 5.78 Å². The van der Waals surface area contributed by atoms with E-state index in [2.05, 4.69) is 11.1 Å². The molecule has 0 fully saturated rings. The molecule has 0 amide bonds. The van der Waals surface area contributed by atoms with Crippen molar-refractivity contribution in [1.29, 1.82) is 0 Å². The predicted octanol–water partition coefficient (Wildman–Crippen LogP) is 2.05. The van der Waals surface area contributed by atoms with Gasteiger partial charge in [0.25, 0.3) is 0 Å². The van der Waals surface area contributed by atoms with Crippen LogP contribution in [0.15, 0.2) is 18.3 Å². The molecular formula is C14H20N2O. The van der Waals surface area contributed by atoms with E-state index >= 15 is 0 Å². The first-order valence-corrected chi connectivity index (χ1v) is 6.14. The molecule has 17 heavy (non-hydrogen) atoms. The number of fused-ring (bicyclic) bond motifs is 1. The van der Waals surface area contributed by atoms with Gasteiger partial charge in [0.2, 0.25) is 0 Å². The molecule has 0 saturated carbocycles. The topological polar surface area (TPSA) is 56.0 Å². The second kappa shape index (κ2) is 4.22. The Morgan fingerprint density at radius 3 is 2.88 bits per heavy atom. The molecule has 1 aromatic heterocycles. The molecule has 1 heterocycles. The summed E-state index contributed by atoms with van der Waals surface area (Å²) in [7, 11) is 0. The number of Topliss-reactive ketones (excluding diaryl/α,β-unsaturated/α-hetero) is 1. The number of hydrogen-bond acceptors (Lipinski definition) is 3. The molecule has 0 radical (unpaired) electrons. The first-order chi connectivity index (χ1) is 7.91. The van der Waals surface area contributed by atoms with Gasteiger partial charge in [0.1, 0.15) is 0 Å². The molecule has 0 bridgehead atoms. The Balaban J connectivity index is 2.24. The van der Waals surface area contributed by atoms with E-state index in [9.17, 15) is 4.79 Å². The van der Waals surface area contributed by atoms with Gasteiger partial charge in [-0.15, -0.1) is 0 Å². The Kier molecular flexibility index (Phi) is 3.04. The molecular weight excluding hydrogens is 212 g/mol. The van der Waals surface area contributed by atoms with E-state index in [1.165, 1.54) is 5.56 Å². The lowest BCUT2D eigenvalue weighted by atomic mass is 9.80. The van der Waals surface area contributed by atoms with Gasteiger partial charge in [-0.25, -0.2) is 0 Å². The molecule has 2 unspecified atom stereocenters. The lowest BCUT2D eigenvalue weighted by Gasteiger charge is -2.27. The van der Waals surface area contributed by atoms with Crippen molar-refractivity contribution in [3.8, 4) is 0 Å². The number of carbonyl (C=O) groups excluding carboxylic acids is 1. The van der Waals surface area contributed by atoms with Crippen LogP contribution in [-0.2, 0) is 11.2 Å². The van der Waals surface area contributed by atoms with Crippen LogP contribution in [0.1, 0.15) is 44.4 Å². The first kappa shape index (κ1) is 12.2. The third-order valence-corrected chi connectivity index (χ3v) is 3.54. The van der Waals surface area contributed by atoms with Crippen LogP contribution in [0.3, 0.4) is 0 Å². The van der Waals surface area contributed by atoms with Gasteiger partial charge >= 0.3 is 0 Å². The van der Waals surface area contributed by atoms with Crippen LogP contribution < -0.4 is 5.73 Å².